The maximum absolute atomic E-state index is 12.4. The minimum absolute atomic E-state index is 0.255. The van der Waals surface area contributed by atoms with Gasteiger partial charge in [-0.3, -0.25) is 4.79 Å². The lowest BCUT2D eigenvalue weighted by molar-refractivity contribution is 0.0319. The molecule has 0 spiro atoms. The number of methoxy groups -OCH3 is 1. The van der Waals surface area contributed by atoms with Crippen LogP contribution in [0.2, 0.25) is 0 Å². The first-order valence-corrected chi connectivity index (χ1v) is 7.59. The van der Waals surface area contributed by atoms with E-state index in [1.807, 2.05) is 25.1 Å². The van der Waals surface area contributed by atoms with Gasteiger partial charge in [0, 0.05) is 25.3 Å². The van der Waals surface area contributed by atoms with Gasteiger partial charge in [-0.25, -0.2) is 4.79 Å². The average molecular weight is 327 g/mol. The molecule has 0 unspecified atom stereocenters. The minimum Gasteiger partial charge on any atom is -0.497 e. The van der Waals surface area contributed by atoms with Crippen LogP contribution in [-0.4, -0.2) is 39.1 Å². The van der Waals surface area contributed by atoms with Crippen LogP contribution < -0.4 is 9.64 Å². The number of benzene rings is 2. The first kappa shape index (κ1) is 17.5. The fourth-order valence-electron chi connectivity index (χ4n) is 2.18. The molecule has 0 amide bonds. The predicted molar refractivity (Wildman–Crippen MR) is 93.0 cm³/mol. The van der Waals surface area contributed by atoms with E-state index in [1.54, 1.807) is 56.5 Å². The molecule has 0 heterocycles. The number of Topliss-reactive ketones (excluding diaryl/α,β-unsaturated/α-hetero) is 1. The average Bonchev–Trinajstić information content (AvgIpc) is 2.61. The first-order chi connectivity index (χ1) is 11.4. The Morgan fingerprint density at radius 1 is 1.00 bits per heavy atom. The van der Waals surface area contributed by atoms with Gasteiger partial charge in [-0.1, -0.05) is 6.07 Å². The van der Waals surface area contributed by atoms with Gasteiger partial charge in [0.05, 0.1) is 12.7 Å². The number of nitrogens with zero attached hydrogens (tertiary/aromatic N) is 1. The topological polar surface area (TPSA) is 55.8 Å². The molecule has 5 nitrogen and oxygen atoms in total. The quantitative estimate of drug-likeness (QED) is 0.602. The van der Waals surface area contributed by atoms with Crippen molar-refractivity contribution in [2.45, 2.75) is 13.0 Å². The summed E-state index contributed by atoms with van der Waals surface area (Å²) in [5.74, 6) is -0.112. The molecule has 0 aliphatic rings. The molecule has 1 atom stereocenters. The molecule has 0 fully saturated rings. The van der Waals surface area contributed by atoms with E-state index in [9.17, 15) is 9.59 Å². The Morgan fingerprint density at radius 3 is 2.25 bits per heavy atom. The van der Waals surface area contributed by atoms with Crippen molar-refractivity contribution in [1.29, 1.82) is 0 Å². The zero-order valence-corrected chi connectivity index (χ0v) is 14.3. The summed E-state index contributed by atoms with van der Waals surface area (Å²) in [5.41, 5.74) is 1.77. The van der Waals surface area contributed by atoms with Crippen LogP contribution in [-0.2, 0) is 4.74 Å². The Labute approximate surface area is 141 Å². The van der Waals surface area contributed by atoms with Crippen molar-refractivity contribution in [3.8, 4) is 5.75 Å². The molecule has 0 aliphatic heterocycles. The van der Waals surface area contributed by atoms with Gasteiger partial charge in [0.15, 0.2) is 6.10 Å². The van der Waals surface area contributed by atoms with Crippen LogP contribution in [0.25, 0.3) is 0 Å². The molecule has 2 aromatic carbocycles. The van der Waals surface area contributed by atoms with Gasteiger partial charge in [-0.15, -0.1) is 0 Å². The monoisotopic (exact) mass is 327 g/mol. The van der Waals surface area contributed by atoms with Crippen molar-refractivity contribution >= 4 is 17.4 Å². The van der Waals surface area contributed by atoms with Crippen LogP contribution in [0, 0.1) is 0 Å². The number of ketones is 1. The van der Waals surface area contributed by atoms with E-state index < -0.39 is 12.1 Å². The van der Waals surface area contributed by atoms with Crippen molar-refractivity contribution < 1.29 is 19.1 Å². The van der Waals surface area contributed by atoms with E-state index in [1.165, 1.54) is 0 Å². The maximum Gasteiger partial charge on any atom is 0.338 e. The number of hydrogen-bond donors (Lipinski definition) is 0. The molecule has 24 heavy (non-hydrogen) atoms. The van der Waals surface area contributed by atoms with Crippen LogP contribution in [0.5, 0.6) is 5.75 Å². The Balaban J connectivity index is 2.07. The number of anilines is 1. The summed E-state index contributed by atoms with van der Waals surface area (Å²) in [6.07, 6.45) is -0.867. The van der Waals surface area contributed by atoms with Gasteiger partial charge in [-0.05, 0) is 49.4 Å². The molecule has 0 radical (unpaired) electrons. The normalized spacial score (nSPS) is 11.5. The van der Waals surface area contributed by atoms with E-state index in [0.29, 0.717) is 16.9 Å². The third-order valence-electron chi connectivity index (χ3n) is 3.63. The lowest BCUT2D eigenvalue weighted by atomic mass is 10.1. The van der Waals surface area contributed by atoms with Gasteiger partial charge in [-0.2, -0.15) is 0 Å². The molecule has 0 saturated carbocycles. The van der Waals surface area contributed by atoms with Gasteiger partial charge < -0.3 is 14.4 Å². The van der Waals surface area contributed by atoms with Crippen molar-refractivity contribution in [3.05, 3.63) is 59.7 Å². The molecule has 0 saturated heterocycles. The maximum atomic E-state index is 12.4. The number of hydrogen-bond acceptors (Lipinski definition) is 5. The fraction of sp³-hybridized carbons (Fsp3) is 0.263. The van der Waals surface area contributed by atoms with E-state index in [2.05, 4.69) is 0 Å². The zero-order valence-electron chi connectivity index (χ0n) is 14.3. The molecule has 0 bridgehead atoms. The molecular formula is C19H21NO4. The van der Waals surface area contributed by atoms with E-state index >= 15 is 0 Å². The highest BCUT2D eigenvalue weighted by atomic mass is 16.5. The van der Waals surface area contributed by atoms with Gasteiger partial charge >= 0.3 is 5.97 Å². The Morgan fingerprint density at radius 2 is 1.67 bits per heavy atom. The highest BCUT2D eigenvalue weighted by Gasteiger charge is 2.20. The zero-order chi connectivity index (χ0) is 17.7. The fourth-order valence-corrected chi connectivity index (χ4v) is 2.18. The Bertz CT molecular complexity index is 722. The smallest absolute Gasteiger partial charge is 0.338 e. The van der Waals surface area contributed by atoms with Crippen LogP contribution in [0.4, 0.5) is 5.69 Å². The van der Waals surface area contributed by atoms with Gasteiger partial charge in [0.25, 0.3) is 0 Å². The Kier molecular flexibility index (Phi) is 5.58. The number of esters is 1. The van der Waals surface area contributed by atoms with Crippen molar-refractivity contribution in [2.24, 2.45) is 0 Å². The summed E-state index contributed by atoms with van der Waals surface area (Å²) in [6.45, 7) is 1.57. The molecule has 126 valence electrons. The standard InChI is InChI=1S/C19H21NO4/c1-13(18(21)14-8-10-17(23-4)11-9-14)24-19(22)15-6-5-7-16(12-15)20(2)3/h5-13H,1-4H3/t13-/m1/s1. The summed E-state index contributed by atoms with van der Waals surface area (Å²) < 4.78 is 10.4. The number of rotatable bonds is 6. The van der Waals surface area contributed by atoms with E-state index in [-0.39, 0.29) is 5.78 Å². The van der Waals surface area contributed by atoms with Crippen LogP contribution in [0.15, 0.2) is 48.5 Å². The van der Waals surface area contributed by atoms with Crippen LogP contribution >= 0.6 is 0 Å². The van der Waals surface area contributed by atoms with Crippen molar-refractivity contribution in [1.82, 2.24) is 0 Å². The summed E-state index contributed by atoms with van der Waals surface area (Å²) >= 11 is 0. The van der Waals surface area contributed by atoms with Gasteiger partial charge in [0.1, 0.15) is 5.75 Å². The van der Waals surface area contributed by atoms with E-state index in [0.717, 1.165) is 5.69 Å². The Hall–Kier alpha value is -2.82. The lowest BCUT2D eigenvalue weighted by Crippen LogP contribution is -2.24. The first-order valence-electron chi connectivity index (χ1n) is 7.59. The predicted octanol–water partition coefficient (Wildman–Crippen LogP) is 3.19. The second-order valence-electron chi connectivity index (χ2n) is 5.59. The second kappa shape index (κ2) is 7.64. The van der Waals surface area contributed by atoms with Crippen molar-refractivity contribution in [3.63, 3.8) is 0 Å². The lowest BCUT2D eigenvalue weighted by Gasteiger charge is -2.15. The number of carbonyl (C=O) groups excluding carboxylic acids is 2. The molecule has 0 aliphatic carbocycles. The van der Waals surface area contributed by atoms with Crippen LogP contribution in [0.3, 0.4) is 0 Å². The third-order valence-corrected chi connectivity index (χ3v) is 3.63. The summed E-state index contributed by atoms with van der Waals surface area (Å²) in [4.78, 5) is 26.5. The largest absolute Gasteiger partial charge is 0.497 e. The highest BCUT2D eigenvalue weighted by Crippen LogP contribution is 2.17. The number of carbonyl (C=O) groups is 2. The molecule has 0 aromatic heterocycles. The van der Waals surface area contributed by atoms with Crippen LogP contribution in [0.1, 0.15) is 27.6 Å². The number of ether oxygens (including phenoxy) is 2. The molecule has 5 heteroatoms. The molecule has 2 aromatic rings. The molecule has 0 N–H and O–H groups in total. The summed E-state index contributed by atoms with van der Waals surface area (Å²) in [7, 11) is 5.34. The van der Waals surface area contributed by atoms with Crippen molar-refractivity contribution in [2.75, 3.05) is 26.1 Å². The summed E-state index contributed by atoms with van der Waals surface area (Å²) in [5, 5.41) is 0. The minimum atomic E-state index is -0.867. The molecular weight excluding hydrogens is 306 g/mol. The second-order valence-corrected chi connectivity index (χ2v) is 5.59. The van der Waals surface area contributed by atoms with E-state index in [4.69, 9.17) is 9.47 Å². The SMILES string of the molecule is COc1ccc(C(=O)[C@@H](C)OC(=O)c2cccc(N(C)C)c2)cc1. The summed E-state index contributed by atoms with van der Waals surface area (Å²) in [6, 6.07) is 13.8. The highest BCUT2D eigenvalue weighted by molar-refractivity contribution is 6.01. The molecule has 2 rings (SSSR count). The van der Waals surface area contributed by atoms with Gasteiger partial charge in [0.2, 0.25) is 5.78 Å². The third kappa shape index (κ3) is 4.13.